The predicted octanol–water partition coefficient (Wildman–Crippen LogP) is 7.84. The van der Waals surface area contributed by atoms with E-state index >= 15 is 0 Å². The van der Waals surface area contributed by atoms with Gasteiger partial charge in [-0.2, -0.15) is 0 Å². The third kappa shape index (κ3) is 4.48. The Morgan fingerprint density at radius 3 is 1.80 bits per heavy atom. The van der Waals surface area contributed by atoms with Crippen molar-refractivity contribution in [3.63, 3.8) is 0 Å². The highest BCUT2D eigenvalue weighted by molar-refractivity contribution is 6.31. The van der Waals surface area contributed by atoms with Crippen LogP contribution in [0.5, 0.6) is 0 Å². The molecule has 1 unspecified atom stereocenters. The lowest BCUT2D eigenvalue weighted by atomic mass is 9.79. The van der Waals surface area contributed by atoms with E-state index in [1.807, 2.05) is 54.6 Å². The van der Waals surface area contributed by atoms with Crippen LogP contribution in [0.15, 0.2) is 78.9 Å². The van der Waals surface area contributed by atoms with Crippen LogP contribution >= 0.6 is 11.6 Å². The van der Waals surface area contributed by atoms with E-state index in [-0.39, 0.29) is 0 Å². The molecule has 3 aromatic carbocycles. The van der Waals surface area contributed by atoms with Crippen LogP contribution in [0.3, 0.4) is 0 Å². The van der Waals surface area contributed by atoms with E-state index in [2.05, 4.69) is 24.3 Å². The molecule has 0 aromatic heterocycles. The van der Waals surface area contributed by atoms with Gasteiger partial charge >= 0.3 is 0 Å². The molecule has 0 saturated heterocycles. The summed E-state index contributed by atoms with van der Waals surface area (Å²) >= 11 is 6.55. The van der Waals surface area contributed by atoms with Gasteiger partial charge in [0.1, 0.15) is 5.60 Å². The van der Waals surface area contributed by atoms with Crippen molar-refractivity contribution in [3.05, 3.63) is 106 Å². The van der Waals surface area contributed by atoms with Gasteiger partial charge in [-0.15, -0.1) is 0 Å². The SMILES string of the molecule is OC(c1ccccc1)(c1ccc(C2CCCCCCCC2)cc1)c1ccccc1Cl. The summed E-state index contributed by atoms with van der Waals surface area (Å²) in [6.07, 6.45) is 10.7. The first-order chi connectivity index (χ1) is 14.7. The van der Waals surface area contributed by atoms with Gasteiger partial charge in [0.25, 0.3) is 0 Å². The quantitative estimate of drug-likeness (QED) is 0.427. The van der Waals surface area contributed by atoms with Gasteiger partial charge in [-0.05, 0) is 41.5 Å². The van der Waals surface area contributed by atoms with Gasteiger partial charge in [-0.25, -0.2) is 0 Å². The van der Waals surface area contributed by atoms with Gasteiger partial charge in [-0.1, -0.05) is 123 Å². The van der Waals surface area contributed by atoms with Crippen LogP contribution in [0.4, 0.5) is 0 Å². The molecule has 2 heteroatoms. The molecule has 156 valence electrons. The number of aliphatic hydroxyl groups is 1. The predicted molar refractivity (Wildman–Crippen MR) is 126 cm³/mol. The van der Waals surface area contributed by atoms with Crippen molar-refractivity contribution in [2.45, 2.75) is 62.9 Å². The molecule has 0 radical (unpaired) electrons. The smallest absolute Gasteiger partial charge is 0.141 e. The summed E-state index contributed by atoms with van der Waals surface area (Å²) in [4.78, 5) is 0. The lowest BCUT2D eigenvalue weighted by Crippen LogP contribution is -2.29. The second kappa shape index (κ2) is 9.81. The summed E-state index contributed by atoms with van der Waals surface area (Å²) in [5, 5.41) is 12.6. The molecule has 1 nitrogen and oxygen atoms in total. The maximum atomic E-state index is 12.0. The van der Waals surface area contributed by atoms with Crippen molar-refractivity contribution in [2.75, 3.05) is 0 Å². The minimum absolute atomic E-state index is 0.573. The Labute approximate surface area is 185 Å². The zero-order chi connectivity index (χ0) is 20.8. The van der Waals surface area contributed by atoms with Crippen molar-refractivity contribution in [3.8, 4) is 0 Å². The summed E-state index contributed by atoms with van der Waals surface area (Å²) in [5.41, 5.74) is 2.52. The number of hydrogen-bond acceptors (Lipinski definition) is 1. The molecule has 4 rings (SSSR count). The van der Waals surface area contributed by atoms with E-state index in [1.165, 1.54) is 56.9 Å². The fourth-order valence-electron chi connectivity index (χ4n) is 4.87. The summed E-state index contributed by atoms with van der Waals surface area (Å²) in [7, 11) is 0. The monoisotopic (exact) mass is 418 g/mol. The van der Waals surface area contributed by atoms with Gasteiger partial charge < -0.3 is 5.11 Å². The molecule has 1 atom stereocenters. The first-order valence-corrected chi connectivity index (χ1v) is 11.7. The van der Waals surface area contributed by atoms with Crippen molar-refractivity contribution < 1.29 is 5.11 Å². The maximum absolute atomic E-state index is 12.0. The van der Waals surface area contributed by atoms with E-state index in [0.29, 0.717) is 16.5 Å². The second-order valence-corrected chi connectivity index (χ2v) is 8.98. The minimum atomic E-state index is -1.28. The van der Waals surface area contributed by atoms with E-state index in [4.69, 9.17) is 11.6 Å². The van der Waals surface area contributed by atoms with E-state index in [9.17, 15) is 5.11 Å². The Kier molecular flexibility index (Phi) is 6.92. The summed E-state index contributed by atoms with van der Waals surface area (Å²) < 4.78 is 0. The van der Waals surface area contributed by atoms with E-state index < -0.39 is 5.60 Å². The zero-order valence-electron chi connectivity index (χ0n) is 17.6. The zero-order valence-corrected chi connectivity index (χ0v) is 18.3. The van der Waals surface area contributed by atoms with Crippen LogP contribution in [0.1, 0.15) is 79.5 Å². The van der Waals surface area contributed by atoms with Crippen LogP contribution in [0.25, 0.3) is 0 Å². The summed E-state index contributed by atoms with van der Waals surface area (Å²) in [6.45, 7) is 0. The van der Waals surface area contributed by atoms with Gasteiger partial charge in [0, 0.05) is 10.6 Å². The van der Waals surface area contributed by atoms with E-state index in [1.54, 1.807) is 0 Å². The molecule has 30 heavy (non-hydrogen) atoms. The fraction of sp³-hybridized carbons (Fsp3) is 0.357. The Balaban J connectivity index is 1.71. The first-order valence-electron chi connectivity index (χ1n) is 11.3. The van der Waals surface area contributed by atoms with Crippen molar-refractivity contribution >= 4 is 11.6 Å². The number of halogens is 1. The standard InChI is InChI=1S/C28H31ClO/c29-27-17-11-10-16-26(27)28(30,24-14-8-5-9-15-24)25-20-18-23(19-21-25)22-12-6-3-1-2-4-7-13-22/h5,8-11,14-22,30H,1-4,6-7,12-13H2. The molecule has 0 amide bonds. The molecule has 1 fully saturated rings. The number of rotatable bonds is 4. The van der Waals surface area contributed by atoms with Gasteiger partial charge in [0.05, 0.1) is 0 Å². The molecule has 1 aliphatic carbocycles. The fourth-order valence-corrected chi connectivity index (χ4v) is 5.15. The van der Waals surface area contributed by atoms with Gasteiger partial charge in [-0.3, -0.25) is 0 Å². The molecule has 0 aliphatic heterocycles. The highest BCUT2D eigenvalue weighted by Gasteiger charge is 2.35. The molecule has 3 aromatic rings. The normalized spacial score (nSPS) is 18.1. The second-order valence-electron chi connectivity index (χ2n) is 8.57. The summed E-state index contributed by atoms with van der Waals surface area (Å²) in [6, 6.07) is 26.1. The van der Waals surface area contributed by atoms with Gasteiger partial charge in [0.15, 0.2) is 0 Å². The molecule has 1 aliphatic rings. The Morgan fingerprint density at radius 1 is 0.633 bits per heavy atom. The number of hydrogen-bond donors (Lipinski definition) is 1. The molecular formula is C28H31ClO. The molecular weight excluding hydrogens is 388 g/mol. The van der Waals surface area contributed by atoms with Crippen LogP contribution < -0.4 is 0 Å². The molecule has 1 saturated carbocycles. The van der Waals surface area contributed by atoms with Gasteiger partial charge in [0.2, 0.25) is 0 Å². The topological polar surface area (TPSA) is 20.2 Å². The highest BCUT2D eigenvalue weighted by atomic mass is 35.5. The van der Waals surface area contributed by atoms with Crippen LogP contribution in [-0.4, -0.2) is 5.11 Å². The van der Waals surface area contributed by atoms with Crippen molar-refractivity contribution in [1.29, 1.82) is 0 Å². The summed E-state index contributed by atoms with van der Waals surface area (Å²) in [5.74, 6) is 0.627. The lowest BCUT2D eigenvalue weighted by molar-refractivity contribution is 0.126. The average molecular weight is 419 g/mol. The molecule has 1 N–H and O–H groups in total. The Morgan fingerprint density at radius 2 is 1.17 bits per heavy atom. The first kappa shape index (κ1) is 21.2. The third-order valence-electron chi connectivity index (χ3n) is 6.61. The number of benzene rings is 3. The Hall–Kier alpha value is -2.09. The minimum Gasteiger partial charge on any atom is -0.376 e. The Bertz CT molecular complexity index is 924. The molecule has 0 heterocycles. The molecule has 0 spiro atoms. The highest BCUT2D eigenvalue weighted by Crippen LogP contribution is 2.40. The van der Waals surface area contributed by atoms with Crippen LogP contribution in [-0.2, 0) is 5.60 Å². The largest absolute Gasteiger partial charge is 0.376 e. The lowest BCUT2D eigenvalue weighted by Gasteiger charge is -2.31. The van der Waals surface area contributed by atoms with Crippen LogP contribution in [0, 0.1) is 0 Å². The maximum Gasteiger partial charge on any atom is 0.141 e. The van der Waals surface area contributed by atoms with E-state index in [0.717, 1.165) is 11.1 Å². The third-order valence-corrected chi connectivity index (χ3v) is 6.94. The molecule has 0 bridgehead atoms. The van der Waals surface area contributed by atoms with Crippen molar-refractivity contribution in [2.24, 2.45) is 0 Å². The average Bonchev–Trinajstić information content (AvgIpc) is 2.94. The van der Waals surface area contributed by atoms with Crippen LogP contribution in [0.2, 0.25) is 5.02 Å². The van der Waals surface area contributed by atoms with Crippen molar-refractivity contribution in [1.82, 2.24) is 0 Å².